The van der Waals surface area contributed by atoms with E-state index >= 15 is 0 Å². The number of ether oxygens (including phenoxy) is 2. The van der Waals surface area contributed by atoms with Crippen LogP contribution in [-0.4, -0.2) is 42.4 Å². The van der Waals surface area contributed by atoms with Gasteiger partial charge in [0, 0.05) is 23.4 Å². The normalized spacial score (nSPS) is 10.4. The summed E-state index contributed by atoms with van der Waals surface area (Å²) >= 11 is 5.85. The summed E-state index contributed by atoms with van der Waals surface area (Å²) in [5.74, 6) is -0.762. The number of nitrogens with one attached hydrogen (secondary N) is 1. The summed E-state index contributed by atoms with van der Waals surface area (Å²) in [5.41, 5.74) is 1.23. The molecule has 0 fully saturated rings. The van der Waals surface area contributed by atoms with E-state index in [1.165, 1.54) is 56.8 Å². The predicted octanol–water partition coefficient (Wildman–Crippen LogP) is 3.57. The fraction of sp³-hybridized carbons (Fsp3) is 0.143. The van der Waals surface area contributed by atoms with Gasteiger partial charge in [-0.2, -0.15) is 0 Å². The van der Waals surface area contributed by atoms with E-state index in [-0.39, 0.29) is 23.1 Å². The molecular weight excluding hydrogens is 413 g/mol. The van der Waals surface area contributed by atoms with Crippen molar-refractivity contribution in [1.29, 1.82) is 0 Å². The van der Waals surface area contributed by atoms with Crippen LogP contribution in [0, 0.1) is 5.82 Å². The molecular formula is C21H17ClFN3O4. The highest BCUT2D eigenvalue weighted by atomic mass is 35.5. The molecule has 0 spiro atoms. The van der Waals surface area contributed by atoms with Crippen LogP contribution in [0.5, 0.6) is 11.6 Å². The van der Waals surface area contributed by atoms with Crippen molar-refractivity contribution in [2.45, 2.75) is 0 Å². The quantitative estimate of drug-likeness (QED) is 0.577. The average Bonchev–Trinajstić information content (AvgIpc) is 2.78. The van der Waals surface area contributed by atoms with E-state index in [0.29, 0.717) is 22.6 Å². The lowest BCUT2D eigenvalue weighted by Gasteiger charge is -2.11. The van der Waals surface area contributed by atoms with Crippen LogP contribution in [0.15, 0.2) is 48.7 Å². The summed E-state index contributed by atoms with van der Waals surface area (Å²) in [6, 6.07) is 10.1. The van der Waals surface area contributed by atoms with E-state index < -0.39 is 17.5 Å². The van der Waals surface area contributed by atoms with Crippen molar-refractivity contribution in [2.75, 3.05) is 20.8 Å². The van der Waals surface area contributed by atoms with Crippen LogP contribution in [0.2, 0.25) is 5.02 Å². The summed E-state index contributed by atoms with van der Waals surface area (Å²) in [7, 11) is 2.89. The maximum atomic E-state index is 13.5. The second-order valence-electron chi connectivity index (χ2n) is 6.07. The van der Waals surface area contributed by atoms with Gasteiger partial charge in [0.25, 0.3) is 5.91 Å². The van der Waals surface area contributed by atoms with Crippen molar-refractivity contribution in [3.63, 3.8) is 0 Å². The maximum Gasteiger partial charge on any atom is 0.251 e. The zero-order valence-electron chi connectivity index (χ0n) is 16.1. The average molecular weight is 430 g/mol. The van der Waals surface area contributed by atoms with Crippen molar-refractivity contribution in [1.82, 2.24) is 15.3 Å². The van der Waals surface area contributed by atoms with Crippen LogP contribution < -0.4 is 14.8 Å². The molecule has 0 unspecified atom stereocenters. The number of Topliss-reactive ketones (excluding diaryl/α,β-unsaturated/α-hetero) is 1. The van der Waals surface area contributed by atoms with Crippen LogP contribution in [0.25, 0.3) is 11.3 Å². The molecule has 2 heterocycles. The minimum absolute atomic E-state index is 0.0758. The Bertz CT molecular complexity index is 1110. The lowest BCUT2D eigenvalue weighted by atomic mass is 10.1. The molecule has 7 nitrogen and oxygen atoms in total. The number of pyridine rings is 2. The first-order chi connectivity index (χ1) is 14.4. The van der Waals surface area contributed by atoms with E-state index in [9.17, 15) is 14.0 Å². The summed E-state index contributed by atoms with van der Waals surface area (Å²) in [6.45, 7) is -0.271. The van der Waals surface area contributed by atoms with E-state index in [2.05, 4.69) is 15.3 Å². The fourth-order valence-corrected chi connectivity index (χ4v) is 2.81. The summed E-state index contributed by atoms with van der Waals surface area (Å²) in [6.07, 6.45) is 1.43. The molecule has 2 aromatic heterocycles. The van der Waals surface area contributed by atoms with Crippen molar-refractivity contribution >= 4 is 23.3 Å². The molecule has 0 saturated carbocycles. The second-order valence-corrected chi connectivity index (χ2v) is 6.48. The number of rotatable bonds is 7. The van der Waals surface area contributed by atoms with Crippen LogP contribution in [-0.2, 0) is 0 Å². The van der Waals surface area contributed by atoms with Gasteiger partial charge >= 0.3 is 0 Å². The smallest absolute Gasteiger partial charge is 0.251 e. The van der Waals surface area contributed by atoms with Crippen molar-refractivity contribution in [2.24, 2.45) is 0 Å². The molecule has 0 aliphatic carbocycles. The Balaban J connectivity index is 1.79. The van der Waals surface area contributed by atoms with Gasteiger partial charge in [0.1, 0.15) is 23.0 Å². The molecule has 3 aromatic rings. The third-order valence-corrected chi connectivity index (χ3v) is 4.46. The minimum atomic E-state index is -0.568. The number of hydrogen-bond acceptors (Lipinski definition) is 6. The Morgan fingerprint density at radius 3 is 2.60 bits per heavy atom. The minimum Gasteiger partial charge on any atom is -0.494 e. The lowest BCUT2D eigenvalue weighted by Crippen LogP contribution is -2.30. The first-order valence-electron chi connectivity index (χ1n) is 8.75. The SMILES string of the molecule is COc1cc(C(=O)NCC(=O)c2ccc(OC)c(-c3ccc(F)c(Cl)c3)n2)ccn1. The fourth-order valence-electron chi connectivity index (χ4n) is 2.63. The Morgan fingerprint density at radius 1 is 1.10 bits per heavy atom. The standard InChI is InChI=1S/C21H17ClFN3O4/c1-29-18-6-5-16(26-20(18)12-3-4-15(23)14(22)9-12)17(27)11-25-21(28)13-7-8-24-19(10-13)30-2/h3-10H,11H2,1-2H3,(H,25,28). The molecule has 30 heavy (non-hydrogen) atoms. The van der Waals surface area contributed by atoms with E-state index in [1.807, 2.05) is 0 Å². The Morgan fingerprint density at radius 2 is 1.90 bits per heavy atom. The van der Waals surface area contributed by atoms with Gasteiger partial charge in [-0.3, -0.25) is 9.59 Å². The molecule has 154 valence electrons. The molecule has 1 N–H and O–H groups in total. The molecule has 0 aliphatic rings. The topological polar surface area (TPSA) is 90.4 Å². The summed E-state index contributed by atoms with van der Waals surface area (Å²) < 4.78 is 23.7. The first kappa shape index (κ1) is 21.2. The maximum absolute atomic E-state index is 13.5. The number of halogens is 2. The zero-order chi connectivity index (χ0) is 21.7. The number of ketones is 1. The lowest BCUT2D eigenvalue weighted by molar-refractivity contribution is 0.0902. The van der Waals surface area contributed by atoms with Crippen LogP contribution in [0.4, 0.5) is 4.39 Å². The first-order valence-corrected chi connectivity index (χ1v) is 9.12. The molecule has 1 aromatic carbocycles. The molecule has 0 aliphatic heterocycles. The third kappa shape index (κ3) is 4.72. The number of methoxy groups -OCH3 is 2. The molecule has 1 amide bonds. The zero-order valence-corrected chi connectivity index (χ0v) is 16.9. The third-order valence-electron chi connectivity index (χ3n) is 4.17. The van der Waals surface area contributed by atoms with Crippen molar-refractivity contribution < 1.29 is 23.5 Å². The number of carbonyl (C=O) groups excluding carboxylic acids is 2. The number of hydrogen-bond donors (Lipinski definition) is 1. The van der Waals surface area contributed by atoms with Gasteiger partial charge in [0.05, 0.1) is 25.8 Å². The van der Waals surface area contributed by atoms with E-state index in [1.54, 1.807) is 6.07 Å². The van der Waals surface area contributed by atoms with Crippen molar-refractivity contribution in [3.8, 4) is 22.9 Å². The van der Waals surface area contributed by atoms with E-state index in [0.717, 1.165) is 0 Å². The van der Waals surface area contributed by atoms with Crippen LogP contribution >= 0.6 is 11.6 Å². The molecule has 0 radical (unpaired) electrons. The number of aromatic nitrogens is 2. The number of benzene rings is 1. The van der Waals surface area contributed by atoms with Crippen molar-refractivity contribution in [3.05, 3.63) is 70.8 Å². The van der Waals surface area contributed by atoms with Crippen LogP contribution in [0.3, 0.4) is 0 Å². The Kier molecular flexibility index (Phi) is 6.58. The molecule has 3 rings (SSSR count). The van der Waals surface area contributed by atoms with Gasteiger partial charge in [-0.1, -0.05) is 11.6 Å². The van der Waals surface area contributed by atoms with E-state index in [4.69, 9.17) is 21.1 Å². The van der Waals surface area contributed by atoms with Gasteiger partial charge in [-0.05, 0) is 36.4 Å². The summed E-state index contributed by atoms with van der Waals surface area (Å²) in [4.78, 5) is 33.1. The summed E-state index contributed by atoms with van der Waals surface area (Å²) in [5, 5.41) is 2.46. The highest BCUT2D eigenvalue weighted by Crippen LogP contribution is 2.30. The van der Waals surface area contributed by atoms with Gasteiger partial charge in [-0.15, -0.1) is 0 Å². The number of nitrogens with zero attached hydrogens (tertiary/aromatic N) is 2. The van der Waals surface area contributed by atoms with Crippen LogP contribution in [0.1, 0.15) is 20.8 Å². The predicted molar refractivity (Wildman–Crippen MR) is 109 cm³/mol. The van der Waals surface area contributed by atoms with Gasteiger partial charge in [0.2, 0.25) is 5.88 Å². The van der Waals surface area contributed by atoms with Gasteiger partial charge in [-0.25, -0.2) is 14.4 Å². The number of amides is 1. The molecule has 0 saturated heterocycles. The Labute approximate surface area is 176 Å². The molecule has 9 heteroatoms. The Hall–Kier alpha value is -3.52. The monoisotopic (exact) mass is 429 g/mol. The molecule has 0 atom stereocenters. The number of carbonyl (C=O) groups is 2. The van der Waals surface area contributed by atoms with Gasteiger partial charge < -0.3 is 14.8 Å². The molecule has 0 bridgehead atoms. The van der Waals surface area contributed by atoms with Gasteiger partial charge in [0.15, 0.2) is 5.78 Å². The largest absolute Gasteiger partial charge is 0.494 e. The second kappa shape index (κ2) is 9.32. The highest BCUT2D eigenvalue weighted by Gasteiger charge is 2.16. The highest BCUT2D eigenvalue weighted by molar-refractivity contribution is 6.31.